The van der Waals surface area contributed by atoms with E-state index in [1.807, 2.05) is 42.5 Å². The number of fused-ring (bicyclic) bond motifs is 1. The lowest BCUT2D eigenvalue weighted by atomic mass is 10.0. The summed E-state index contributed by atoms with van der Waals surface area (Å²) < 4.78 is 0. The molecule has 0 atom stereocenters. The number of hydrogen-bond donors (Lipinski definition) is 1. The Morgan fingerprint density at radius 1 is 1.04 bits per heavy atom. The molecule has 1 amide bonds. The van der Waals surface area contributed by atoms with Crippen molar-refractivity contribution in [2.45, 2.75) is 20.0 Å². The lowest BCUT2D eigenvalue weighted by Crippen LogP contribution is -2.25. The van der Waals surface area contributed by atoms with Crippen molar-refractivity contribution in [2.75, 3.05) is 0 Å². The lowest BCUT2D eigenvalue weighted by Gasteiger charge is -2.09. The highest BCUT2D eigenvalue weighted by Crippen LogP contribution is 2.21. The summed E-state index contributed by atoms with van der Waals surface area (Å²) in [5.41, 5.74) is 4.55. The van der Waals surface area contributed by atoms with Crippen LogP contribution in [0.25, 0.3) is 10.8 Å². The van der Waals surface area contributed by atoms with Crippen LogP contribution in [0.4, 0.5) is 5.69 Å². The van der Waals surface area contributed by atoms with Crippen LogP contribution < -0.4 is 5.48 Å². The molecule has 0 heterocycles. The molecule has 0 unspecified atom stereocenters. The van der Waals surface area contributed by atoms with Crippen molar-refractivity contribution < 1.29 is 14.6 Å². The second-order valence-electron chi connectivity index (χ2n) is 5.95. The summed E-state index contributed by atoms with van der Waals surface area (Å²) in [6.07, 6.45) is 0.190. The van der Waals surface area contributed by atoms with Gasteiger partial charge in [-0.05, 0) is 28.8 Å². The molecule has 0 aromatic heterocycles. The predicted octanol–water partition coefficient (Wildman–Crippen LogP) is 3.85. The number of nitrogens with zero attached hydrogens (tertiary/aromatic N) is 1. The van der Waals surface area contributed by atoms with Crippen LogP contribution in [-0.4, -0.2) is 10.8 Å². The average molecular weight is 350 g/mol. The molecular formula is C20H18N2O4. The monoisotopic (exact) mass is 350 g/mol. The summed E-state index contributed by atoms with van der Waals surface area (Å²) in [5.74, 6) is -0.274. The molecule has 0 radical (unpaired) electrons. The highest BCUT2D eigenvalue weighted by Gasteiger charge is 2.13. The number of hydrogen-bond acceptors (Lipinski definition) is 4. The molecule has 0 fully saturated rings. The van der Waals surface area contributed by atoms with Gasteiger partial charge in [0, 0.05) is 11.6 Å². The molecule has 1 N–H and O–H groups in total. The Kier molecular flexibility index (Phi) is 5.24. The minimum atomic E-state index is -0.433. The quantitative estimate of drug-likeness (QED) is 0.541. The second-order valence-corrected chi connectivity index (χ2v) is 5.95. The Labute approximate surface area is 150 Å². The van der Waals surface area contributed by atoms with E-state index in [2.05, 4.69) is 5.48 Å². The van der Waals surface area contributed by atoms with Gasteiger partial charge in [-0.15, -0.1) is 0 Å². The van der Waals surface area contributed by atoms with Crippen molar-refractivity contribution >= 4 is 22.4 Å². The van der Waals surface area contributed by atoms with Crippen LogP contribution in [0.1, 0.15) is 16.7 Å². The zero-order valence-corrected chi connectivity index (χ0v) is 14.3. The summed E-state index contributed by atoms with van der Waals surface area (Å²) >= 11 is 0. The summed E-state index contributed by atoms with van der Waals surface area (Å²) in [6.45, 7) is 1.73. The number of carbonyl (C=O) groups is 1. The third kappa shape index (κ3) is 3.87. The van der Waals surface area contributed by atoms with E-state index < -0.39 is 4.92 Å². The molecule has 6 nitrogen and oxygen atoms in total. The van der Waals surface area contributed by atoms with Crippen LogP contribution in [-0.2, 0) is 22.7 Å². The average Bonchev–Trinajstić information content (AvgIpc) is 2.63. The van der Waals surface area contributed by atoms with Gasteiger partial charge in [0.1, 0.15) is 6.61 Å². The van der Waals surface area contributed by atoms with Crippen LogP contribution in [0, 0.1) is 17.0 Å². The lowest BCUT2D eigenvalue weighted by molar-refractivity contribution is -0.385. The molecule has 26 heavy (non-hydrogen) atoms. The number of nitrogens with one attached hydrogen (secondary N) is 1. The van der Waals surface area contributed by atoms with Gasteiger partial charge in [0.15, 0.2) is 0 Å². The maximum atomic E-state index is 12.2. The smallest absolute Gasteiger partial charge is 0.272 e. The second kappa shape index (κ2) is 7.76. The van der Waals surface area contributed by atoms with Crippen LogP contribution in [0.5, 0.6) is 0 Å². The molecule has 0 aliphatic heterocycles. The molecule has 6 heteroatoms. The largest absolute Gasteiger partial charge is 0.272 e. The normalized spacial score (nSPS) is 10.7. The minimum Gasteiger partial charge on any atom is -0.272 e. The topological polar surface area (TPSA) is 81.5 Å². The Morgan fingerprint density at radius 2 is 1.73 bits per heavy atom. The molecule has 0 aliphatic rings. The van der Waals surface area contributed by atoms with Crippen LogP contribution >= 0.6 is 0 Å². The molecule has 3 rings (SSSR count). The van der Waals surface area contributed by atoms with E-state index >= 15 is 0 Å². The third-order valence-electron chi connectivity index (χ3n) is 4.26. The van der Waals surface area contributed by atoms with E-state index in [4.69, 9.17) is 4.84 Å². The van der Waals surface area contributed by atoms with E-state index in [1.54, 1.807) is 19.1 Å². The van der Waals surface area contributed by atoms with Crippen LogP contribution in [0.3, 0.4) is 0 Å². The van der Waals surface area contributed by atoms with Crippen molar-refractivity contribution in [3.63, 3.8) is 0 Å². The standard InChI is InChI=1S/C20H18N2O4/c1-14-17(9-5-11-19(14)22(24)25)13-26-21-20(23)12-16-8-4-7-15-6-2-3-10-18(15)16/h2-11H,12-13H2,1H3,(H,21,23). The Hall–Kier alpha value is -3.25. The molecule has 0 saturated heterocycles. The van der Waals surface area contributed by atoms with E-state index in [9.17, 15) is 14.9 Å². The first-order chi connectivity index (χ1) is 12.6. The number of carbonyl (C=O) groups excluding carboxylic acids is 1. The minimum absolute atomic E-state index is 0.0354. The van der Waals surface area contributed by atoms with E-state index in [1.165, 1.54) is 6.07 Å². The van der Waals surface area contributed by atoms with Gasteiger partial charge in [-0.25, -0.2) is 5.48 Å². The molecule has 0 spiro atoms. The molecular weight excluding hydrogens is 332 g/mol. The van der Waals surface area contributed by atoms with Gasteiger partial charge in [0.2, 0.25) is 5.91 Å². The van der Waals surface area contributed by atoms with Crippen molar-refractivity contribution in [1.29, 1.82) is 0 Å². The number of nitro groups is 1. The molecule has 3 aromatic rings. The summed E-state index contributed by atoms with van der Waals surface area (Å²) in [5, 5.41) is 13.1. The highest BCUT2D eigenvalue weighted by atomic mass is 16.7. The summed E-state index contributed by atoms with van der Waals surface area (Å²) in [6, 6.07) is 18.5. The Balaban J connectivity index is 1.61. The first-order valence-corrected chi connectivity index (χ1v) is 8.16. The number of amides is 1. The Bertz CT molecular complexity index is 964. The SMILES string of the molecule is Cc1c(CONC(=O)Cc2cccc3ccccc23)cccc1[N+](=O)[O-]. The maximum Gasteiger partial charge on any atom is 0.272 e. The van der Waals surface area contributed by atoms with Gasteiger partial charge >= 0.3 is 0 Å². The molecule has 3 aromatic carbocycles. The number of rotatable bonds is 6. The van der Waals surface area contributed by atoms with Crippen molar-refractivity contribution in [3.05, 3.63) is 87.5 Å². The zero-order valence-electron chi connectivity index (χ0n) is 14.3. The predicted molar refractivity (Wildman–Crippen MR) is 98.4 cm³/mol. The zero-order chi connectivity index (χ0) is 18.5. The van der Waals surface area contributed by atoms with Gasteiger partial charge in [0.05, 0.1) is 11.3 Å². The van der Waals surface area contributed by atoms with E-state index in [-0.39, 0.29) is 24.6 Å². The number of nitro benzene ring substituents is 1. The maximum absolute atomic E-state index is 12.2. The fraction of sp³-hybridized carbons (Fsp3) is 0.150. The molecule has 0 bridgehead atoms. The third-order valence-corrected chi connectivity index (χ3v) is 4.26. The van der Waals surface area contributed by atoms with Crippen LogP contribution in [0.2, 0.25) is 0 Å². The fourth-order valence-corrected chi connectivity index (χ4v) is 2.87. The molecule has 0 aliphatic carbocycles. The molecule has 0 saturated carbocycles. The van der Waals surface area contributed by atoms with Crippen LogP contribution in [0.15, 0.2) is 60.7 Å². The first kappa shape index (κ1) is 17.6. The number of hydroxylamine groups is 1. The van der Waals surface area contributed by atoms with E-state index in [0.717, 1.165) is 16.3 Å². The van der Waals surface area contributed by atoms with Gasteiger partial charge < -0.3 is 0 Å². The van der Waals surface area contributed by atoms with Crippen molar-refractivity contribution in [1.82, 2.24) is 5.48 Å². The highest BCUT2D eigenvalue weighted by molar-refractivity contribution is 5.89. The Morgan fingerprint density at radius 3 is 2.54 bits per heavy atom. The summed E-state index contributed by atoms with van der Waals surface area (Å²) in [4.78, 5) is 28.0. The number of benzene rings is 3. The first-order valence-electron chi connectivity index (χ1n) is 8.16. The van der Waals surface area contributed by atoms with Gasteiger partial charge in [0.25, 0.3) is 5.69 Å². The molecule has 132 valence electrons. The van der Waals surface area contributed by atoms with Gasteiger partial charge in [-0.2, -0.15) is 0 Å². The van der Waals surface area contributed by atoms with Gasteiger partial charge in [-0.3, -0.25) is 19.7 Å². The van der Waals surface area contributed by atoms with Crippen molar-refractivity contribution in [2.24, 2.45) is 0 Å². The van der Waals surface area contributed by atoms with Gasteiger partial charge in [-0.1, -0.05) is 54.6 Å². The summed E-state index contributed by atoms with van der Waals surface area (Å²) in [7, 11) is 0. The fourth-order valence-electron chi connectivity index (χ4n) is 2.87. The van der Waals surface area contributed by atoms with Crippen molar-refractivity contribution in [3.8, 4) is 0 Å². The van der Waals surface area contributed by atoms with E-state index in [0.29, 0.717) is 11.1 Å².